The van der Waals surface area contributed by atoms with Gasteiger partial charge < -0.3 is 9.88 Å². The van der Waals surface area contributed by atoms with E-state index in [1.54, 1.807) is 22.9 Å². The molecule has 5 heteroatoms. The van der Waals surface area contributed by atoms with Crippen molar-refractivity contribution in [1.29, 1.82) is 0 Å². The molecule has 0 saturated carbocycles. The number of carbonyl (C=O) groups excluding carboxylic acids is 1. The number of rotatable bonds is 3. The van der Waals surface area contributed by atoms with Crippen LogP contribution in [0.5, 0.6) is 0 Å². The fourth-order valence-electron chi connectivity index (χ4n) is 2.20. The van der Waals surface area contributed by atoms with Crippen molar-refractivity contribution in [2.24, 2.45) is 0 Å². The highest BCUT2D eigenvalue weighted by Crippen LogP contribution is 2.17. The van der Waals surface area contributed by atoms with Gasteiger partial charge in [0.2, 0.25) is 5.91 Å². The van der Waals surface area contributed by atoms with Crippen LogP contribution in [0.4, 0.5) is 14.5 Å². The molecule has 0 aliphatic carbocycles. The molecule has 0 aliphatic rings. The summed E-state index contributed by atoms with van der Waals surface area (Å²) in [5, 5.41) is 3.42. The molecule has 1 N–H and O–H groups in total. The highest BCUT2D eigenvalue weighted by molar-refractivity contribution is 5.92. The van der Waals surface area contributed by atoms with Crippen LogP contribution in [0.2, 0.25) is 0 Å². The van der Waals surface area contributed by atoms with Gasteiger partial charge in [-0.25, -0.2) is 8.78 Å². The third kappa shape index (κ3) is 2.91. The Labute approximate surface area is 119 Å². The molecule has 0 spiro atoms. The summed E-state index contributed by atoms with van der Waals surface area (Å²) in [7, 11) is 0. The van der Waals surface area contributed by atoms with E-state index in [2.05, 4.69) is 5.32 Å². The molecule has 3 rings (SSSR count). The molecule has 1 amide bonds. The molecule has 0 radical (unpaired) electrons. The first-order valence-electron chi connectivity index (χ1n) is 6.42. The molecule has 0 aliphatic heterocycles. The first kappa shape index (κ1) is 13.3. The lowest BCUT2D eigenvalue weighted by molar-refractivity contribution is -0.116. The number of nitrogens with one attached hydrogen (secondary N) is 1. The van der Waals surface area contributed by atoms with E-state index in [9.17, 15) is 13.6 Å². The summed E-state index contributed by atoms with van der Waals surface area (Å²) in [5.41, 5.74) is 1.31. The lowest BCUT2D eigenvalue weighted by Crippen LogP contribution is -2.18. The SMILES string of the molecule is O=C(Cn1ccc2cc(F)ccc21)Nc1ccc(F)cc1. The van der Waals surface area contributed by atoms with E-state index in [1.807, 2.05) is 0 Å². The number of aromatic nitrogens is 1. The number of anilines is 1. The van der Waals surface area contributed by atoms with Crippen LogP contribution in [0.25, 0.3) is 10.9 Å². The smallest absolute Gasteiger partial charge is 0.244 e. The summed E-state index contributed by atoms with van der Waals surface area (Å²) >= 11 is 0. The zero-order valence-corrected chi connectivity index (χ0v) is 11.0. The maximum atomic E-state index is 13.1. The molecule has 1 aromatic heterocycles. The lowest BCUT2D eigenvalue weighted by Gasteiger charge is -2.07. The Morgan fingerprint density at radius 3 is 2.48 bits per heavy atom. The zero-order valence-electron chi connectivity index (χ0n) is 11.0. The second kappa shape index (κ2) is 5.36. The minimum absolute atomic E-state index is 0.104. The molecular formula is C16H12F2N2O. The van der Waals surface area contributed by atoms with Gasteiger partial charge in [0, 0.05) is 22.8 Å². The van der Waals surface area contributed by atoms with Crippen LogP contribution >= 0.6 is 0 Å². The van der Waals surface area contributed by atoms with Crippen molar-refractivity contribution in [1.82, 2.24) is 4.57 Å². The molecular weight excluding hydrogens is 274 g/mol. The van der Waals surface area contributed by atoms with Crippen LogP contribution in [0.15, 0.2) is 54.7 Å². The third-order valence-corrected chi connectivity index (χ3v) is 3.17. The molecule has 21 heavy (non-hydrogen) atoms. The minimum Gasteiger partial charge on any atom is -0.338 e. The summed E-state index contributed by atoms with van der Waals surface area (Å²) in [5.74, 6) is -0.897. The van der Waals surface area contributed by atoms with Gasteiger partial charge in [-0.1, -0.05) is 0 Å². The van der Waals surface area contributed by atoms with Gasteiger partial charge in [0.1, 0.15) is 18.2 Å². The van der Waals surface area contributed by atoms with Crippen molar-refractivity contribution in [2.75, 3.05) is 5.32 Å². The molecule has 0 bridgehead atoms. The summed E-state index contributed by atoms with van der Waals surface area (Å²) in [6.07, 6.45) is 1.73. The molecule has 0 fully saturated rings. The second-order valence-electron chi connectivity index (χ2n) is 4.70. The first-order chi connectivity index (χ1) is 10.1. The van der Waals surface area contributed by atoms with Crippen molar-refractivity contribution >= 4 is 22.5 Å². The normalized spacial score (nSPS) is 10.8. The number of nitrogens with zero attached hydrogens (tertiary/aromatic N) is 1. The molecule has 3 nitrogen and oxygen atoms in total. The van der Waals surface area contributed by atoms with E-state index in [0.29, 0.717) is 5.69 Å². The predicted octanol–water partition coefficient (Wildman–Crippen LogP) is 3.56. The monoisotopic (exact) mass is 286 g/mol. The number of carbonyl (C=O) groups is 1. The fraction of sp³-hybridized carbons (Fsp3) is 0.0625. The topological polar surface area (TPSA) is 34.0 Å². The lowest BCUT2D eigenvalue weighted by atomic mass is 10.2. The van der Waals surface area contributed by atoms with Crippen LogP contribution < -0.4 is 5.32 Å². The molecule has 3 aromatic rings. The molecule has 1 heterocycles. The maximum absolute atomic E-state index is 13.1. The van der Waals surface area contributed by atoms with Crippen LogP contribution in [0, 0.1) is 11.6 Å². The van der Waals surface area contributed by atoms with Gasteiger partial charge in [-0.2, -0.15) is 0 Å². The van der Waals surface area contributed by atoms with Crippen LogP contribution in [-0.4, -0.2) is 10.5 Å². The summed E-state index contributed by atoms with van der Waals surface area (Å²) in [6, 6.07) is 11.7. The van der Waals surface area contributed by atoms with E-state index >= 15 is 0 Å². The van der Waals surface area contributed by atoms with Crippen molar-refractivity contribution < 1.29 is 13.6 Å². The Hall–Kier alpha value is -2.69. The average molecular weight is 286 g/mol. The van der Waals surface area contributed by atoms with E-state index in [4.69, 9.17) is 0 Å². The summed E-state index contributed by atoms with van der Waals surface area (Å²) in [6.45, 7) is 0.104. The van der Waals surface area contributed by atoms with Crippen LogP contribution in [-0.2, 0) is 11.3 Å². The van der Waals surface area contributed by atoms with E-state index in [0.717, 1.165) is 10.9 Å². The van der Waals surface area contributed by atoms with Gasteiger partial charge in [-0.05, 0) is 48.5 Å². The van der Waals surface area contributed by atoms with Crippen LogP contribution in [0.3, 0.4) is 0 Å². The van der Waals surface area contributed by atoms with Gasteiger partial charge in [0.25, 0.3) is 0 Å². The number of benzene rings is 2. The Morgan fingerprint density at radius 2 is 1.71 bits per heavy atom. The van der Waals surface area contributed by atoms with Crippen molar-refractivity contribution in [2.45, 2.75) is 6.54 Å². The maximum Gasteiger partial charge on any atom is 0.244 e. The Kier molecular flexibility index (Phi) is 3.39. The fourth-order valence-corrected chi connectivity index (χ4v) is 2.20. The molecule has 0 atom stereocenters. The molecule has 2 aromatic carbocycles. The van der Waals surface area contributed by atoms with Gasteiger partial charge in [0.15, 0.2) is 0 Å². The quantitative estimate of drug-likeness (QED) is 0.785. The van der Waals surface area contributed by atoms with E-state index < -0.39 is 0 Å². The predicted molar refractivity (Wildman–Crippen MR) is 76.9 cm³/mol. The number of fused-ring (bicyclic) bond motifs is 1. The summed E-state index contributed by atoms with van der Waals surface area (Å²) < 4.78 is 27.6. The standard InChI is InChI=1S/C16H12F2N2O/c17-12-1-4-14(5-2-12)19-16(21)10-20-8-7-11-9-13(18)3-6-15(11)20/h1-9H,10H2,(H,19,21). The minimum atomic E-state index is -0.355. The Morgan fingerprint density at radius 1 is 1.00 bits per heavy atom. The zero-order chi connectivity index (χ0) is 14.8. The molecule has 0 unspecified atom stereocenters. The largest absolute Gasteiger partial charge is 0.338 e. The number of amides is 1. The third-order valence-electron chi connectivity index (χ3n) is 3.17. The van der Waals surface area contributed by atoms with Gasteiger partial charge in [-0.15, -0.1) is 0 Å². The van der Waals surface area contributed by atoms with Crippen molar-refractivity contribution in [3.63, 3.8) is 0 Å². The Balaban J connectivity index is 1.75. The van der Waals surface area contributed by atoms with Gasteiger partial charge in [-0.3, -0.25) is 4.79 Å². The highest BCUT2D eigenvalue weighted by Gasteiger charge is 2.07. The van der Waals surface area contributed by atoms with Crippen molar-refractivity contribution in [3.8, 4) is 0 Å². The van der Waals surface area contributed by atoms with E-state index in [1.165, 1.54) is 36.4 Å². The summed E-state index contributed by atoms with van der Waals surface area (Å²) in [4.78, 5) is 12.0. The Bertz CT molecular complexity index is 794. The average Bonchev–Trinajstić information content (AvgIpc) is 2.83. The number of hydrogen-bond donors (Lipinski definition) is 1. The molecule has 0 saturated heterocycles. The highest BCUT2D eigenvalue weighted by atomic mass is 19.1. The first-order valence-corrected chi connectivity index (χ1v) is 6.42. The van der Waals surface area contributed by atoms with Crippen molar-refractivity contribution in [3.05, 3.63) is 66.4 Å². The van der Waals surface area contributed by atoms with Crippen LogP contribution in [0.1, 0.15) is 0 Å². The second-order valence-corrected chi connectivity index (χ2v) is 4.70. The van der Waals surface area contributed by atoms with E-state index in [-0.39, 0.29) is 24.1 Å². The van der Waals surface area contributed by atoms with Gasteiger partial charge >= 0.3 is 0 Å². The number of halogens is 2. The van der Waals surface area contributed by atoms with Gasteiger partial charge in [0.05, 0.1) is 0 Å². The number of hydrogen-bond acceptors (Lipinski definition) is 1. The molecule has 106 valence electrons.